The summed E-state index contributed by atoms with van der Waals surface area (Å²) in [6, 6.07) is 7.07. The van der Waals surface area contributed by atoms with E-state index < -0.39 is 5.97 Å². The predicted molar refractivity (Wildman–Crippen MR) is 83.2 cm³/mol. The smallest absolute Gasteiger partial charge is 0.340 e. The van der Waals surface area contributed by atoms with Gasteiger partial charge in [-0.2, -0.15) is 0 Å². The number of nitrogens with zero attached hydrogens (tertiary/aromatic N) is 1. The number of hydrogen-bond acceptors (Lipinski definition) is 5. The molecule has 0 radical (unpaired) electrons. The number of nitrogens with two attached hydrogens (primary N) is 1. The Kier molecular flexibility index (Phi) is 4.80. The van der Waals surface area contributed by atoms with E-state index in [2.05, 4.69) is 20.9 Å². The number of nitrogen functional groups attached to an aromatic ring is 1. The third-order valence-corrected chi connectivity index (χ3v) is 3.42. The Morgan fingerprint density at radius 3 is 2.86 bits per heavy atom. The molecular weight excluding hydrogens is 336 g/mol. The van der Waals surface area contributed by atoms with Crippen molar-refractivity contribution in [1.29, 1.82) is 0 Å². The molecule has 0 aliphatic carbocycles. The van der Waals surface area contributed by atoms with Crippen LogP contribution in [0.15, 0.2) is 34.9 Å². The molecule has 6 heteroatoms. The zero-order chi connectivity index (χ0) is 15.4. The van der Waals surface area contributed by atoms with Crippen LogP contribution in [-0.2, 0) is 11.3 Å². The first kappa shape index (κ1) is 15.3. The maximum Gasteiger partial charge on any atom is 0.340 e. The molecule has 2 aromatic rings. The summed E-state index contributed by atoms with van der Waals surface area (Å²) < 4.78 is 11.4. The van der Waals surface area contributed by atoms with Crippen LogP contribution in [0.2, 0.25) is 0 Å². The normalized spacial score (nSPS) is 10.2. The van der Waals surface area contributed by atoms with Crippen LogP contribution in [-0.4, -0.2) is 18.1 Å². The minimum absolute atomic E-state index is 0.107. The number of esters is 1. The van der Waals surface area contributed by atoms with E-state index in [1.807, 2.05) is 12.1 Å². The number of carbonyl (C=O) groups is 1. The number of benzene rings is 1. The first-order valence-corrected chi connectivity index (χ1v) is 7.02. The van der Waals surface area contributed by atoms with Crippen molar-refractivity contribution in [3.63, 3.8) is 0 Å². The van der Waals surface area contributed by atoms with Crippen LogP contribution in [0.3, 0.4) is 0 Å². The van der Waals surface area contributed by atoms with Gasteiger partial charge in [-0.1, -0.05) is 15.9 Å². The van der Waals surface area contributed by atoms with Gasteiger partial charge in [0.15, 0.2) is 0 Å². The van der Waals surface area contributed by atoms with Gasteiger partial charge >= 0.3 is 5.97 Å². The zero-order valence-electron chi connectivity index (χ0n) is 11.7. The topological polar surface area (TPSA) is 74.4 Å². The average Bonchev–Trinajstić information content (AvgIpc) is 2.47. The highest BCUT2D eigenvalue weighted by atomic mass is 79.9. The average molecular weight is 351 g/mol. The molecule has 0 unspecified atom stereocenters. The molecule has 5 nitrogen and oxygen atoms in total. The Bertz CT molecular complexity index is 674. The fraction of sp³-hybridized carbons (Fsp3) is 0.200. The monoisotopic (exact) mass is 350 g/mol. The van der Waals surface area contributed by atoms with Crippen molar-refractivity contribution in [2.75, 3.05) is 12.8 Å². The minimum Gasteiger partial charge on any atom is -0.496 e. The van der Waals surface area contributed by atoms with Crippen molar-refractivity contribution in [3.05, 3.63) is 51.8 Å². The Morgan fingerprint density at radius 2 is 2.14 bits per heavy atom. The highest BCUT2D eigenvalue weighted by Crippen LogP contribution is 2.24. The van der Waals surface area contributed by atoms with Crippen LogP contribution in [0, 0.1) is 6.92 Å². The summed E-state index contributed by atoms with van der Waals surface area (Å²) in [5.74, 6) is 0.197. The summed E-state index contributed by atoms with van der Waals surface area (Å²) >= 11 is 3.38. The summed E-state index contributed by atoms with van der Waals surface area (Å²) in [6.07, 6.45) is 1.50. The molecule has 0 fully saturated rings. The maximum atomic E-state index is 12.1. The second-order valence-electron chi connectivity index (χ2n) is 4.43. The van der Waals surface area contributed by atoms with Crippen molar-refractivity contribution < 1.29 is 14.3 Å². The third kappa shape index (κ3) is 3.72. The molecule has 0 atom stereocenters. The first-order valence-electron chi connectivity index (χ1n) is 6.23. The van der Waals surface area contributed by atoms with Crippen molar-refractivity contribution >= 4 is 27.6 Å². The van der Waals surface area contributed by atoms with Crippen LogP contribution in [0.4, 0.5) is 5.69 Å². The summed E-state index contributed by atoms with van der Waals surface area (Å²) in [6.45, 7) is 1.84. The van der Waals surface area contributed by atoms with Gasteiger partial charge in [0, 0.05) is 10.0 Å². The van der Waals surface area contributed by atoms with E-state index in [9.17, 15) is 4.79 Å². The summed E-state index contributed by atoms with van der Waals surface area (Å²) in [5.41, 5.74) is 7.78. The summed E-state index contributed by atoms with van der Waals surface area (Å²) in [7, 11) is 1.57. The molecule has 0 bridgehead atoms. The number of methoxy groups -OCH3 is 1. The molecule has 1 heterocycles. The van der Waals surface area contributed by atoms with Crippen LogP contribution >= 0.6 is 15.9 Å². The molecule has 2 N–H and O–H groups in total. The highest BCUT2D eigenvalue weighted by Gasteiger charge is 2.13. The second kappa shape index (κ2) is 6.58. The third-order valence-electron chi connectivity index (χ3n) is 2.93. The number of carbonyl (C=O) groups excluding carboxylic acids is 1. The minimum atomic E-state index is -0.464. The lowest BCUT2D eigenvalue weighted by Crippen LogP contribution is -2.09. The lowest BCUT2D eigenvalue weighted by atomic mass is 10.2. The second-order valence-corrected chi connectivity index (χ2v) is 5.35. The summed E-state index contributed by atoms with van der Waals surface area (Å²) in [5, 5.41) is 0. The summed E-state index contributed by atoms with van der Waals surface area (Å²) in [4.78, 5) is 16.1. The van der Waals surface area contributed by atoms with Gasteiger partial charge in [-0.3, -0.25) is 4.98 Å². The van der Waals surface area contributed by atoms with E-state index in [0.717, 1.165) is 10.0 Å². The highest BCUT2D eigenvalue weighted by molar-refractivity contribution is 9.10. The predicted octanol–water partition coefficient (Wildman–Crippen LogP) is 3.10. The number of rotatable bonds is 4. The molecule has 0 saturated heterocycles. The molecule has 0 aliphatic rings. The molecule has 2 rings (SSSR count). The van der Waals surface area contributed by atoms with E-state index in [0.29, 0.717) is 22.7 Å². The molecule has 0 amide bonds. The van der Waals surface area contributed by atoms with Gasteiger partial charge in [0.25, 0.3) is 0 Å². The van der Waals surface area contributed by atoms with Gasteiger partial charge in [0.05, 0.1) is 30.3 Å². The number of hydrogen-bond donors (Lipinski definition) is 1. The van der Waals surface area contributed by atoms with E-state index in [1.54, 1.807) is 26.2 Å². The van der Waals surface area contributed by atoms with Crippen LogP contribution in [0.5, 0.6) is 5.75 Å². The van der Waals surface area contributed by atoms with E-state index in [4.69, 9.17) is 15.2 Å². The SMILES string of the molecule is COc1ccc(Br)cc1COC(=O)c1cc(N)cnc1C. The molecule has 1 aromatic heterocycles. The fourth-order valence-corrected chi connectivity index (χ4v) is 2.25. The van der Waals surface area contributed by atoms with Crippen LogP contribution in [0.1, 0.15) is 21.6 Å². The molecule has 0 spiro atoms. The zero-order valence-corrected chi connectivity index (χ0v) is 13.3. The van der Waals surface area contributed by atoms with Crippen LogP contribution < -0.4 is 10.5 Å². The van der Waals surface area contributed by atoms with Crippen LogP contribution in [0.25, 0.3) is 0 Å². The molecule has 0 aliphatic heterocycles. The quantitative estimate of drug-likeness (QED) is 0.857. The van der Waals surface area contributed by atoms with Crippen molar-refractivity contribution in [3.8, 4) is 5.75 Å². The van der Waals surface area contributed by atoms with Crippen molar-refractivity contribution in [1.82, 2.24) is 4.98 Å². The Hall–Kier alpha value is -2.08. The fourth-order valence-electron chi connectivity index (χ4n) is 1.84. The number of aryl methyl sites for hydroxylation is 1. The largest absolute Gasteiger partial charge is 0.496 e. The molecule has 110 valence electrons. The number of halogens is 1. The number of pyridine rings is 1. The standard InChI is InChI=1S/C15H15BrN2O3/c1-9-13(6-12(17)7-18-9)15(19)21-8-10-5-11(16)3-4-14(10)20-2/h3-7H,8,17H2,1-2H3. The van der Waals surface area contributed by atoms with Gasteiger partial charge in [-0.05, 0) is 31.2 Å². The first-order chi connectivity index (χ1) is 10.0. The van der Waals surface area contributed by atoms with Gasteiger partial charge in [-0.15, -0.1) is 0 Å². The molecule has 1 aromatic carbocycles. The van der Waals surface area contributed by atoms with Crippen molar-refractivity contribution in [2.45, 2.75) is 13.5 Å². The van der Waals surface area contributed by atoms with E-state index in [1.165, 1.54) is 6.20 Å². The molecular formula is C15H15BrN2O3. The lowest BCUT2D eigenvalue weighted by Gasteiger charge is -2.11. The Labute approximate surface area is 131 Å². The molecule has 0 saturated carbocycles. The Balaban J connectivity index is 2.14. The van der Waals surface area contributed by atoms with Crippen molar-refractivity contribution in [2.24, 2.45) is 0 Å². The van der Waals surface area contributed by atoms with Gasteiger partial charge in [-0.25, -0.2) is 4.79 Å². The van der Waals surface area contributed by atoms with Gasteiger partial charge in [0.1, 0.15) is 12.4 Å². The number of anilines is 1. The van der Waals surface area contributed by atoms with Gasteiger partial charge < -0.3 is 15.2 Å². The lowest BCUT2D eigenvalue weighted by molar-refractivity contribution is 0.0468. The Morgan fingerprint density at radius 1 is 1.38 bits per heavy atom. The van der Waals surface area contributed by atoms with E-state index in [-0.39, 0.29) is 6.61 Å². The molecule has 21 heavy (non-hydrogen) atoms. The van der Waals surface area contributed by atoms with E-state index >= 15 is 0 Å². The number of ether oxygens (including phenoxy) is 2. The maximum absolute atomic E-state index is 12.1. The van der Waals surface area contributed by atoms with Gasteiger partial charge in [0.2, 0.25) is 0 Å². The number of aromatic nitrogens is 1.